The molecule has 0 saturated carbocycles. The van der Waals surface area contributed by atoms with Gasteiger partial charge in [0.25, 0.3) is 11.8 Å². The van der Waals surface area contributed by atoms with E-state index in [1.54, 1.807) is 79.9 Å². The zero-order chi connectivity index (χ0) is 26.5. The maximum absolute atomic E-state index is 13.4. The van der Waals surface area contributed by atoms with Crippen molar-refractivity contribution in [1.29, 1.82) is 0 Å². The maximum Gasteiger partial charge on any atom is 0.270 e. The average Bonchev–Trinajstić information content (AvgIpc) is 2.93. The van der Waals surface area contributed by atoms with Crippen LogP contribution in [0.4, 0.5) is 5.69 Å². The van der Waals surface area contributed by atoms with Crippen LogP contribution in [0.25, 0.3) is 6.08 Å². The van der Waals surface area contributed by atoms with Crippen molar-refractivity contribution in [3.8, 4) is 28.7 Å². The first-order chi connectivity index (χ1) is 18.5. The van der Waals surface area contributed by atoms with Gasteiger partial charge in [0.2, 0.25) is 0 Å². The number of rotatable bonds is 7. The smallest absolute Gasteiger partial charge is 0.270 e. The summed E-state index contributed by atoms with van der Waals surface area (Å²) in [6, 6.07) is 30.5. The van der Waals surface area contributed by atoms with Gasteiger partial charge in [0.15, 0.2) is 5.11 Å². The SMILES string of the molecule is COc1ccc(Oc2cccc(C=C3C(=O)NC(=S)N(c4ccc(Oc5ccccc5)cc4)C3=O)c2)cc1. The van der Waals surface area contributed by atoms with E-state index in [0.29, 0.717) is 34.2 Å². The molecule has 0 atom stereocenters. The molecule has 1 aliphatic heterocycles. The Labute approximate surface area is 224 Å². The quantitative estimate of drug-likeness (QED) is 0.179. The normalized spacial score (nSPS) is 14.3. The number of anilines is 1. The molecule has 0 spiro atoms. The van der Waals surface area contributed by atoms with Crippen LogP contribution in [0, 0.1) is 0 Å². The number of benzene rings is 4. The predicted molar refractivity (Wildman–Crippen MR) is 149 cm³/mol. The number of hydrogen-bond donors (Lipinski definition) is 1. The first kappa shape index (κ1) is 24.7. The largest absolute Gasteiger partial charge is 0.497 e. The summed E-state index contributed by atoms with van der Waals surface area (Å²) < 4.78 is 16.9. The van der Waals surface area contributed by atoms with Gasteiger partial charge in [-0.15, -0.1) is 0 Å². The number of amides is 2. The predicted octanol–water partition coefficient (Wildman–Crippen LogP) is 6.11. The van der Waals surface area contributed by atoms with E-state index in [4.69, 9.17) is 26.4 Å². The van der Waals surface area contributed by atoms with E-state index in [-0.39, 0.29) is 10.7 Å². The van der Waals surface area contributed by atoms with Crippen molar-refractivity contribution >= 4 is 40.9 Å². The fraction of sp³-hybridized carbons (Fsp3) is 0.0333. The first-order valence-corrected chi connectivity index (χ1v) is 12.1. The molecule has 4 aromatic carbocycles. The molecule has 1 aliphatic rings. The van der Waals surface area contributed by atoms with Crippen LogP contribution < -0.4 is 24.4 Å². The van der Waals surface area contributed by atoms with E-state index in [9.17, 15) is 9.59 Å². The Morgan fingerprint density at radius 3 is 1.97 bits per heavy atom. The van der Waals surface area contributed by atoms with Gasteiger partial charge in [-0.1, -0.05) is 30.3 Å². The van der Waals surface area contributed by atoms with Gasteiger partial charge >= 0.3 is 0 Å². The zero-order valence-electron chi connectivity index (χ0n) is 20.3. The summed E-state index contributed by atoms with van der Waals surface area (Å²) in [7, 11) is 1.60. The highest BCUT2D eigenvalue weighted by Gasteiger charge is 2.34. The first-order valence-electron chi connectivity index (χ1n) is 11.7. The van der Waals surface area contributed by atoms with Crippen LogP contribution >= 0.6 is 12.2 Å². The topological polar surface area (TPSA) is 77.1 Å². The molecule has 0 bridgehead atoms. The van der Waals surface area contributed by atoms with Crippen molar-refractivity contribution in [3.63, 3.8) is 0 Å². The standard InChI is InChI=1S/C30H22N2O5S/c1-35-22-14-16-25(17-15-22)37-26-9-5-6-20(18-26)19-27-28(33)31-30(38)32(29(27)34)21-10-12-24(13-11-21)36-23-7-3-2-4-8-23/h2-19H,1H3,(H,31,33,38). The molecule has 0 radical (unpaired) electrons. The van der Waals surface area contributed by atoms with Crippen LogP contribution in [0.2, 0.25) is 0 Å². The number of carbonyl (C=O) groups is 2. The minimum absolute atomic E-state index is 0.00506. The van der Waals surface area contributed by atoms with Crippen molar-refractivity contribution < 1.29 is 23.8 Å². The molecule has 0 aromatic heterocycles. The molecular formula is C30H22N2O5S. The molecule has 1 heterocycles. The van der Waals surface area contributed by atoms with E-state index in [0.717, 1.165) is 5.75 Å². The molecular weight excluding hydrogens is 500 g/mol. The molecule has 8 heteroatoms. The number of para-hydroxylation sites is 1. The summed E-state index contributed by atoms with van der Waals surface area (Å²) in [4.78, 5) is 27.4. The van der Waals surface area contributed by atoms with Gasteiger partial charge in [-0.3, -0.25) is 19.8 Å². The van der Waals surface area contributed by atoms with Crippen molar-refractivity contribution in [2.75, 3.05) is 12.0 Å². The van der Waals surface area contributed by atoms with Crippen LogP contribution in [0.1, 0.15) is 5.56 Å². The summed E-state index contributed by atoms with van der Waals surface area (Å²) >= 11 is 5.32. The van der Waals surface area contributed by atoms with Crippen molar-refractivity contribution in [2.24, 2.45) is 0 Å². The fourth-order valence-electron chi connectivity index (χ4n) is 3.79. The van der Waals surface area contributed by atoms with Gasteiger partial charge in [-0.05, 0) is 96.7 Å². The molecule has 0 aliphatic carbocycles. The fourth-order valence-corrected chi connectivity index (χ4v) is 4.08. The number of hydrogen-bond acceptors (Lipinski definition) is 6. The van der Waals surface area contributed by atoms with Gasteiger partial charge in [-0.2, -0.15) is 0 Å². The Bertz CT molecular complexity index is 1520. The number of nitrogens with zero attached hydrogens (tertiary/aromatic N) is 1. The third-order valence-electron chi connectivity index (χ3n) is 5.64. The number of ether oxygens (including phenoxy) is 3. The van der Waals surface area contributed by atoms with Gasteiger partial charge < -0.3 is 14.2 Å². The van der Waals surface area contributed by atoms with Crippen LogP contribution in [0.5, 0.6) is 28.7 Å². The van der Waals surface area contributed by atoms with E-state index in [1.165, 1.54) is 11.0 Å². The molecule has 7 nitrogen and oxygen atoms in total. The summed E-state index contributed by atoms with van der Waals surface area (Å²) in [5.41, 5.74) is 1.07. The second-order valence-electron chi connectivity index (χ2n) is 8.22. The van der Waals surface area contributed by atoms with E-state index in [2.05, 4.69) is 5.32 Å². The van der Waals surface area contributed by atoms with E-state index in [1.807, 2.05) is 30.3 Å². The van der Waals surface area contributed by atoms with Gasteiger partial charge in [0.1, 0.15) is 34.3 Å². The van der Waals surface area contributed by atoms with Crippen molar-refractivity contribution in [1.82, 2.24) is 5.32 Å². The second kappa shape index (κ2) is 11.0. The van der Waals surface area contributed by atoms with Crippen molar-refractivity contribution in [3.05, 3.63) is 114 Å². The van der Waals surface area contributed by atoms with Gasteiger partial charge in [0, 0.05) is 0 Å². The van der Waals surface area contributed by atoms with Gasteiger partial charge in [0.05, 0.1) is 12.8 Å². The molecule has 38 heavy (non-hydrogen) atoms. The lowest BCUT2D eigenvalue weighted by molar-refractivity contribution is -0.122. The molecule has 1 fully saturated rings. The third kappa shape index (κ3) is 5.55. The highest BCUT2D eigenvalue weighted by molar-refractivity contribution is 7.80. The Kier molecular flexibility index (Phi) is 7.15. The maximum atomic E-state index is 13.4. The van der Waals surface area contributed by atoms with Crippen LogP contribution in [-0.4, -0.2) is 24.0 Å². The molecule has 1 N–H and O–H groups in total. The number of carbonyl (C=O) groups excluding carboxylic acids is 2. The van der Waals surface area contributed by atoms with Crippen LogP contribution in [0.15, 0.2) is 109 Å². The third-order valence-corrected chi connectivity index (χ3v) is 5.92. The van der Waals surface area contributed by atoms with Crippen LogP contribution in [0.3, 0.4) is 0 Å². The number of thiocarbonyl (C=S) groups is 1. The lowest BCUT2D eigenvalue weighted by Gasteiger charge is -2.29. The summed E-state index contributed by atoms with van der Waals surface area (Å²) in [5.74, 6) is 2.09. The monoisotopic (exact) mass is 522 g/mol. The highest BCUT2D eigenvalue weighted by Crippen LogP contribution is 2.28. The number of methoxy groups -OCH3 is 1. The Morgan fingerprint density at radius 1 is 0.711 bits per heavy atom. The number of nitrogens with one attached hydrogen (secondary N) is 1. The van der Waals surface area contributed by atoms with Crippen molar-refractivity contribution in [2.45, 2.75) is 0 Å². The summed E-state index contributed by atoms with van der Waals surface area (Å²) in [5, 5.41) is 2.61. The highest BCUT2D eigenvalue weighted by atomic mass is 32.1. The molecule has 5 rings (SSSR count). The Balaban J connectivity index is 1.36. The molecule has 2 amide bonds. The minimum atomic E-state index is -0.568. The molecule has 4 aromatic rings. The minimum Gasteiger partial charge on any atom is -0.497 e. The summed E-state index contributed by atoms with van der Waals surface area (Å²) in [6.45, 7) is 0. The Hall–Kier alpha value is -4.95. The molecule has 188 valence electrons. The second-order valence-corrected chi connectivity index (χ2v) is 8.60. The summed E-state index contributed by atoms with van der Waals surface area (Å²) in [6.07, 6.45) is 1.51. The zero-order valence-corrected chi connectivity index (χ0v) is 21.1. The van der Waals surface area contributed by atoms with E-state index >= 15 is 0 Å². The lowest BCUT2D eigenvalue weighted by Crippen LogP contribution is -2.54. The van der Waals surface area contributed by atoms with E-state index < -0.39 is 11.8 Å². The average molecular weight is 523 g/mol. The molecule has 0 unspecified atom stereocenters. The lowest BCUT2D eigenvalue weighted by atomic mass is 10.1. The molecule has 1 saturated heterocycles. The van der Waals surface area contributed by atoms with Crippen LogP contribution in [-0.2, 0) is 9.59 Å². The Morgan fingerprint density at radius 2 is 1.29 bits per heavy atom. The van der Waals surface area contributed by atoms with Gasteiger partial charge in [-0.25, -0.2) is 0 Å².